The first-order valence-electron chi connectivity index (χ1n) is 5.53. The number of nitrogens with two attached hydrogens (primary N) is 2. The van der Waals surface area contributed by atoms with Crippen molar-refractivity contribution >= 4 is 21.6 Å². The SMILES string of the molecule is CNS(=O)(=O)c1cc(N)ccc1-n1cc(C(N)=O)cn1. The number of primary amides is 1. The molecule has 106 valence electrons. The van der Waals surface area contributed by atoms with Crippen molar-refractivity contribution in [1.29, 1.82) is 0 Å². The van der Waals surface area contributed by atoms with Gasteiger partial charge in [-0.1, -0.05) is 0 Å². The number of rotatable bonds is 4. The van der Waals surface area contributed by atoms with Crippen LogP contribution in [0, 0.1) is 0 Å². The summed E-state index contributed by atoms with van der Waals surface area (Å²) < 4.78 is 27.4. The lowest BCUT2D eigenvalue weighted by Gasteiger charge is -2.10. The zero-order valence-electron chi connectivity index (χ0n) is 10.6. The Hall–Kier alpha value is -2.39. The highest BCUT2D eigenvalue weighted by molar-refractivity contribution is 7.89. The number of carbonyl (C=O) groups excluding carboxylic acids is 1. The number of nitrogens with one attached hydrogen (secondary N) is 1. The third-order valence-corrected chi connectivity index (χ3v) is 4.10. The number of hydrogen-bond donors (Lipinski definition) is 3. The van der Waals surface area contributed by atoms with Gasteiger partial charge in [-0.15, -0.1) is 0 Å². The molecule has 1 aromatic heterocycles. The zero-order valence-corrected chi connectivity index (χ0v) is 11.4. The van der Waals surface area contributed by atoms with Crippen LogP contribution in [-0.2, 0) is 10.0 Å². The van der Waals surface area contributed by atoms with Gasteiger partial charge in [0.2, 0.25) is 10.0 Å². The lowest BCUT2D eigenvalue weighted by Crippen LogP contribution is -2.21. The number of amides is 1. The molecule has 0 fully saturated rings. The normalized spacial score (nSPS) is 11.4. The maximum absolute atomic E-state index is 12.0. The van der Waals surface area contributed by atoms with Crippen molar-refractivity contribution in [2.24, 2.45) is 5.73 Å². The van der Waals surface area contributed by atoms with Gasteiger partial charge in [0.05, 0.1) is 17.4 Å². The molecule has 0 saturated carbocycles. The predicted molar refractivity (Wildman–Crippen MR) is 72.7 cm³/mol. The summed E-state index contributed by atoms with van der Waals surface area (Å²) in [5.41, 5.74) is 11.5. The lowest BCUT2D eigenvalue weighted by molar-refractivity contribution is 0.100. The largest absolute Gasteiger partial charge is 0.399 e. The Morgan fingerprint density at radius 3 is 2.65 bits per heavy atom. The minimum absolute atomic E-state index is 0.0425. The van der Waals surface area contributed by atoms with E-state index in [9.17, 15) is 13.2 Å². The highest BCUT2D eigenvalue weighted by Gasteiger charge is 2.19. The number of benzene rings is 1. The topological polar surface area (TPSA) is 133 Å². The van der Waals surface area contributed by atoms with E-state index in [0.29, 0.717) is 5.69 Å². The van der Waals surface area contributed by atoms with Gasteiger partial charge in [-0.2, -0.15) is 5.10 Å². The first-order valence-corrected chi connectivity index (χ1v) is 7.01. The zero-order chi connectivity index (χ0) is 14.9. The number of sulfonamides is 1. The molecule has 1 aromatic carbocycles. The Kier molecular flexibility index (Phi) is 3.47. The standard InChI is InChI=1S/C11H13N5O3S/c1-14-20(18,19)10-4-8(12)2-3-9(10)16-6-7(5-15-16)11(13)17/h2-6,14H,12H2,1H3,(H2,13,17). The molecule has 9 heteroatoms. The van der Waals surface area contributed by atoms with Crippen LogP contribution in [-0.4, -0.2) is 31.2 Å². The lowest BCUT2D eigenvalue weighted by atomic mass is 10.3. The average molecular weight is 295 g/mol. The van der Waals surface area contributed by atoms with Gasteiger partial charge in [0.15, 0.2) is 0 Å². The van der Waals surface area contributed by atoms with Crippen LogP contribution >= 0.6 is 0 Å². The molecule has 2 rings (SSSR count). The summed E-state index contributed by atoms with van der Waals surface area (Å²) in [5.74, 6) is -0.648. The number of anilines is 1. The molecule has 0 unspecified atom stereocenters. The van der Waals surface area contributed by atoms with E-state index in [1.54, 1.807) is 0 Å². The molecule has 0 bridgehead atoms. The molecule has 5 N–H and O–H groups in total. The molecule has 1 heterocycles. The van der Waals surface area contributed by atoms with E-state index in [4.69, 9.17) is 11.5 Å². The van der Waals surface area contributed by atoms with Gasteiger partial charge >= 0.3 is 0 Å². The van der Waals surface area contributed by atoms with Crippen LogP contribution in [0.4, 0.5) is 5.69 Å². The summed E-state index contributed by atoms with van der Waals surface area (Å²) in [6.45, 7) is 0. The second-order valence-corrected chi connectivity index (χ2v) is 5.83. The first kappa shape index (κ1) is 14.0. The van der Waals surface area contributed by atoms with Crippen LogP contribution in [0.2, 0.25) is 0 Å². The number of carbonyl (C=O) groups is 1. The summed E-state index contributed by atoms with van der Waals surface area (Å²) in [7, 11) is -2.43. The molecule has 0 spiro atoms. The van der Waals surface area contributed by atoms with Gasteiger partial charge in [0.1, 0.15) is 4.90 Å². The molecular weight excluding hydrogens is 282 g/mol. The molecule has 20 heavy (non-hydrogen) atoms. The Morgan fingerprint density at radius 1 is 1.40 bits per heavy atom. The molecule has 0 aliphatic heterocycles. The highest BCUT2D eigenvalue weighted by atomic mass is 32.2. The number of aromatic nitrogens is 2. The quantitative estimate of drug-likeness (QED) is 0.651. The van der Waals surface area contributed by atoms with E-state index < -0.39 is 15.9 Å². The molecule has 0 atom stereocenters. The van der Waals surface area contributed by atoms with Crippen LogP contribution in [0.25, 0.3) is 5.69 Å². The fourth-order valence-corrected chi connectivity index (χ4v) is 2.58. The van der Waals surface area contributed by atoms with E-state index in [2.05, 4.69) is 9.82 Å². The van der Waals surface area contributed by atoms with Crippen molar-refractivity contribution in [3.05, 3.63) is 36.2 Å². The van der Waals surface area contributed by atoms with Crippen LogP contribution in [0.15, 0.2) is 35.5 Å². The maximum Gasteiger partial charge on any atom is 0.251 e. The van der Waals surface area contributed by atoms with Crippen LogP contribution < -0.4 is 16.2 Å². The third kappa shape index (κ3) is 2.49. The Bertz CT molecular complexity index is 766. The van der Waals surface area contributed by atoms with Crippen molar-refractivity contribution in [3.8, 4) is 5.69 Å². The van der Waals surface area contributed by atoms with Crippen molar-refractivity contribution in [3.63, 3.8) is 0 Å². The molecule has 0 aliphatic carbocycles. The average Bonchev–Trinajstić information content (AvgIpc) is 2.88. The monoisotopic (exact) mass is 295 g/mol. The highest BCUT2D eigenvalue weighted by Crippen LogP contribution is 2.22. The molecule has 0 radical (unpaired) electrons. The predicted octanol–water partition coefficient (Wildman–Crippen LogP) is -0.539. The van der Waals surface area contributed by atoms with Crippen molar-refractivity contribution in [1.82, 2.24) is 14.5 Å². The van der Waals surface area contributed by atoms with E-state index in [1.165, 1.54) is 42.3 Å². The Morgan fingerprint density at radius 2 is 2.10 bits per heavy atom. The van der Waals surface area contributed by atoms with E-state index >= 15 is 0 Å². The van der Waals surface area contributed by atoms with E-state index in [0.717, 1.165) is 0 Å². The molecule has 0 aliphatic rings. The van der Waals surface area contributed by atoms with Crippen molar-refractivity contribution < 1.29 is 13.2 Å². The maximum atomic E-state index is 12.0. The molecule has 8 nitrogen and oxygen atoms in total. The fourth-order valence-electron chi connectivity index (χ4n) is 1.63. The van der Waals surface area contributed by atoms with Crippen LogP contribution in [0.5, 0.6) is 0 Å². The smallest absolute Gasteiger partial charge is 0.251 e. The van der Waals surface area contributed by atoms with Gasteiger partial charge in [0.25, 0.3) is 5.91 Å². The Labute approximate surface area is 115 Å². The first-order chi connectivity index (χ1) is 9.35. The summed E-state index contributed by atoms with van der Waals surface area (Å²) in [4.78, 5) is 11.0. The van der Waals surface area contributed by atoms with Gasteiger partial charge in [-0.25, -0.2) is 17.8 Å². The second kappa shape index (κ2) is 4.94. The summed E-state index contributed by atoms with van der Waals surface area (Å²) in [5, 5.41) is 3.93. The van der Waals surface area contributed by atoms with Gasteiger partial charge in [-0.05, 0) is 25.2 Å². The van der Waals surface area contributed by atoms with Crippen LogP contribution in [0.3, 0.4) is 0 Å². The van der Waals surface area contributed by atoms with Crippen LogP contribution in [0.1, 0.15) is 10.4 Å². The molecular formula is C11H13N5O3S. The van der Waals surface area contributed by atoms with Gasteiger partial charge in [0, 0.05) is 11.9 Å². The number of nitrogens with zero attached hydrogens (tertiary/aromatic N) is 2. The van der Waals surface area contributed by atoms with Gasteiger partial charge in [-0.3, -0.25) is 4.79 Å². The molecule has 0 saturated heterocycles. The third-order valence-electron chi connectivity index (χ3n) is 2.66. The minimum atomic E-state index is -3.72. The fraction of sp³-hybridized carbons (Fsp3) is 0.0909. The second-order valence-electron chi connectivity index (χ2n) is 3.97. The van der Waals surface area contributed by atoms with E-state index in [-0.39, 0.29) is 16.1 Å². The van der Waals surface area contributed by atoms with Crippen molar-refractivity contribution in [2.45, 2.75) is 4.90 Å². The summed E-state index contributed by atoms with van der Waals surface area (Å²) >= 11 is 0. The molecule has 2 aromatic rings. The summed E-state index contributed by atoms with van der Waals surface area (Å²) in [6.07, 6.45) is 2.61. The van der Waals surface area contributed by atoms with E-state index in [1.807, 2.05) is 0 Å². The minimum Gasteiger partial charge on any atom is -0.399 e. The Balaban J connectivity index is 2.65. The van der Waals surface area contributed by atoms with Crippen molar-refractivity contribution in [2.75, 3.05) is 12.8 Å². The number of hydrogen-bond acceptors (Lipinski definition) is 5. The molecule has 1 amide bonds. The summed E-state index contributed by atoms with van der Waals surface area (Å²) in [6, 6.07) is 4.35. The number of nitrogen functional groups attached to an aromatic ring is 1. The van der Waals surface area contributed by atoms with Gasteiger partial charge < -0.3 is 11.5 Å².